The van der Waals surface area contributed by atoms with Gasteiger partial charge in [0.15, 0.2) is 0 Å². The van der Waals surface area contributed by atoms with E-state index in [1.54, 1.807) is 17.0 Å². The monoisotopic (exact) mass is 610 g/mol. The van der Waals surface area contributed by atoms with Crippen molar-refractivity contribution >= 4 is 23.7 Å². The first-order valence-electron chi connectivity index (χ1n) is 13.9. The van der Waals surface area contributed by atoms with Crippen molar-refractivity contribution < 1.29 is 57.3 Å². The fraction of sp³-hybridized carbons (Fsp3) is 0.419. The second-order valence-corrected chi connectivity index (χ2v) is 11.5. The number of aromatic nitrogens is 2. The average molecular weight is 611 g/mol. The molecule has 0 radical (unpaired) electrons. The number of ether oxygens (including phenoxy) is 1. The molecule has 1 amide bonds. The van der Waals surface area contributed by atoms with E-state index >= 15 is 0 Å². The summed E-state index contributed by atoms with van der Waals surface area (Å²) in [6.07, 6.45) is -3.39. The number of hydrogen-bond donors (Lipinski definition) is 2. The van der Waals surface area contributed by atoms with Gasteiger partial charge in [-0.05, 0) is 93.3 Å². The van der Waals surface area contributed by atoms with Crippen LogP contribution in [0.15, 0.2) is 48.7 Å². The Morgan fingerprint density at radius 2 is 1.70 bits per heavy atom. The van der Waals surface area contributed by atoms with Crippen LogP contribution in [0.5, 0.6) is 0 Å². The van der Waals surface area contributed by atoms with E-state index in [0.717, 1.165) is 30.5 Å². The van der Waals surface area contributed by atoms with Crippen molar-refractivity contribution in [2.24, 2.45) is 0 Å². The van der Waals surface area contributed by atoms with E-state index in [2.05, 4.69) is 15.3 Å². The number of carbonyl (C=O) groups is 2. The summed E-state index contributed by atoms with van der Waals surface area (Å²) in [5.74, 6) is -1.53. The molecule has 3 aromatic rings. The minimum absolute atomic E-state index is 0. The molecule has 4 rings (SSSR count). The van der Waals surface area contributed by atoms with Crippen LogP contribution in [0, 0.1) is 5.82 Å². The first-order valence-corrected chi connectivity index (χ1v) is 13.9. The van der Waals surface area contributed by atoms with Gasteiger partial charge >= 0.3 is 37.1 Å². The summed E-state index contributed by atoms with van der Waals surface area (Å²) in [6, 6.07) is 11.0. The molecule has 1 saturated heterocycles. The molecule has 0 unspecified atom stereocenters. The molecule has 232 valence electrons. The van der Waals surface area contributed by atoms with Crippen molar-refractivity contribution in [2.45, 2.75) is 70.6 Å². The number of nitrogens with zero attached hydrogens (tertiary/aromatic N) is 3. The predicted molar refractivity (Wildman–Crippen MR) is 153 cm³/mol. The van der Waals surface area contributed by atoms with Crippen molar-refractivity contribution in [3.05, 3.63) is 82.4 Å². The Labute approximate surface area is 266 Å². The van der Waals surface area contributed by atoms with Gasteiger partial charge in [-0.1, -0.05) is 18.2 Å². The Hall–Kier alpha value is -3.62. The van der Waals surface area contributed by atoms with Crippen LogP contribution in [-0.4, -0.2) is 50.7 Å². The van der Waals surface area contributed by atoms with E-state index in [4.69, 9.17) is 9.84 Å². The molecule has 1 fully saturated rings. The fourth-order valence-corrected chi connectivity index (χ4v) is 5.01. The molecule has 2 N–H and O–H groups in total. The molecule has 1 aliphatic heterocycles. The molecule has 0 saturated carbocycles. The third kappa shape index (κ3) is 9.69. The van der Waals surface area contributed by atoms with Gasteiger partial charge in [0, 0.05) is 25.0 Å². The molecule has 2 heterocycles. The summed E-state index contributed by atoms with van der Waals surface area (Å²) in [7, 11) is 0. The number of piperidine rings is 1. The Balaban J connectivity index is 0.00000353. The van der Waals surface area contributed by atoms with Gasteiger partial charge in [0.25, 0.3) is 0 Å². The second-order valence-electron chi connectivity index (χ2n) is 11.5. The standard InChI is InChI=1S/C31H34F4N4O4.Li.H/c1-30(2,3)43-29(42)39-14-12-20(13-15-39)19-5-9-24(10-6-19)37-28-36-18-25(31(33,34)35)26(38-28)11-7-21-16-23(32)8-4-22(21)17-27(40)41;;/h4-6,8-10,16,18,20H,7,11-15,17H2,1-3H3,(H,40,41)(H,36,37,38);;/q;+1;-1. The fourth-order valence-electron chi connectivity index (χ4n) is 5.01. The summed E-state index contributed by atoms with van der Waals surface area (Å²) in [4.78, 5) is 33.2. The number of carboxylic acid groups (broad SMARTS) is 1. The molecular weight excluding hydrogens is 575 g/mol. The minimum atomic E-state index is -4.71. The quantitative estimate of drug-likeness (QED) is 0.293. The molecule has 13 heteroatoms. The number of carbonyl (C=O) groups excluding carboxylic acids is 1. The minimum Gasteiger partial charge on any atom is -1.00 e. The third-order valence-electron chi connectivity index (χ3n) is 7.10. The number of hydrogen-bond acceptors (Lipinski definition) is 6. The molecule has 2 aromatic carbocycles. The zero-order chi connectivity index (χ0) is 31.4. The van der Waals surface area contributed by atoms with Crippen LogP contribution < -0.4 is 24.2 Å². The van der Waals surface area contributed by atoms with Crippen LogP contribution >= 0.6 is 0 Å². The zero-order valence-electron chi connectivity index (χ0n) is 26.2. The largest absolute Gasteiger partial charge is 1.00 e. The number of aryl methyl sites for hydroxylation is 2. The Bertz CT molecular complexity index is 1460. The van der Waals surface area contributed by atoms with E-state index < -0.39 is 29.1 Å². The second kappa shape index (κ2) is 14.4. The summed E-state index contributed by atoms with van der Waals surface area (Å²) in [6.45, 7) is 6.65. The van der Waals surface area contributed by atoms with Gasteiger partial charge in [-0.25, -0.2) is 19.2 Å². The van der Waals surface area contributed by atoms with Crippen molar-refractivity contribution in [3.63, 3.8) is 0 Å². The van der Waals surface area contributed by atoms with Crippen LogP contribution in [0.2, 0.25) is 0 Å². The van der Waals surface area contributed by atoms with Crippen LogP contribution in [0.25, 0.3) is 0 Å². The van der Waals surface area contributed by atoms with Gasteiger partial charge in [0.05, 0.1) is 17.7 Å². The van der Waals surface area contributed by atoms with Gasteiger partial charge in [0.1, 0.15) is 11.4 Å². The average Bonchev–Trinajstić information content (AvgIpc) is 2.92. The summed E-state index contributed by atoms with van der Waals surface area (Å²) in [5, 5.41) is 12.1. The number of nitrogens with one attached hydrogen (secondary N) is 1. The van der Waals surface area contributed by atoms with Gasteiger partial charge in [-0.3, -0.25) is 4.79 Å². The van der Waals surface area contributed by atoms with E-state index in [9.17, 15) is 27.2 Å². The van der Waals surface area contributed by atoms with Gasteiger partial charge in [-0.15, -0.1) is 0 Å². The van der Waals surface area contributed by atoms with Gasteiger partial charge < -0.3 is 21.5 Å². The molecule has 1 aliphatic rings. The Morgan fingerprint density at radius 3 is 2.30 bits per heavy atom. The number of aliphatic carboxylic acids is 1. The van der Waals surface area contributed by atoms with E-state index in [-0.39, 0.29) is 63.2 Å². The topological polar surface area (TPSA) is 105 Å². The molecule has 44 heavy (non-hydrogen) atoms. The summed E-state index contributed by atoms with van der Waals surface area (Å²) in [5.41, 5.74) is 0.430. The number of benzene rings is 2. The molecule has 0 spiro atoms. The van der Waals surface area contributed by atoms with Crippen LogP contribution in [0.3, 0.4) is 0 Å². The van der Waals surface area contributed by atoms with Crippen molar-refractivity contribution in [2.75, 3.05) is 18.4 Å². The van der Waals surface area contributed by atoms with E-state index in [1.165, 1.54) is 6.07 Å². The van der Waals surface area contributed by atoms with Crippen LogP contribution in [-0.2, 0) is 35.0 Å². The first kappa shape index (κ1) is 34.9. The zero-order valence-corrected chi connectivity index (χ0v) is 25.2. The van der Waals surface area contributed by atoms with Crippen molar-refractivity contribution in [3.8, 4) is 0 Å². The van der Waals surface area contributed by atoms with E-state index in [0.29, 0.717) is 36.1 Å². The number of likely N-dealkylation sites (tertiary alicyclic amines) is 1. The number of halogens is 4. The Morgan fingerprint density at radius 1 is 1.05 bits per heavy atom. The Kier molecular flexibility index (Phi) is 11.4. The molecule has 0 atom stereocenters. The number of rotatable bonds is 8. The third-order valence-corrected chi connectivity index (χ3v) is 7.10. The summed E-state index contributed by atoms with van der Waals surface area (Å²) >= 11 is 0. The van der Waals surface area contributed by atoms with Gasteiger partial charge in [0.2, 0.25) is 5.95 Å². The molecule has 8 nitrogen and oxygen atoms in total. The molecule has 0 aliphatic carbocycles. The smallest absolute Gasteiger partial charge is 1.00 e. The van der Waals surface area contributed by atoms with Crippen molar-refractivity contribution in [1.29, 1.82) is 0 Å². The molecule has 1 aromatic heterocycles. The number of alkyl halides is 3. The number of carboxylic acids is 1. The van der Waals surface area contributed by atoms with Crippen LogP contribution in [0.4, 0.5) is 34.0 Å². The summed E-state index contributed by atoms with van der Waals surface area (Å²) < 4.78 is 60.5. The maximum Gasteiger partial charge on any atom is 1.00 e. The van der Waals surface area contributed by atoms with Gasteiger partial charge in [-0.2, -0.15) is 13.2 Å². The number of anilines is 2. The molecular formula is C31H35F4LiN4O4. The molecule has 0 bridgehead atoms. The maximum absolute atomic E-state index is 13.9. The SMILES string of the molecule is CC(C)(C)OC(=O)N1CCC(c2ccc(Nc3ncc(C(F)(F)F)c(CCc4cc(F)ccc4CC(=O)O)n3)cc2)CC1.[H-].[Li+]. The normalized spacial score (nSPS) is 14.1. The maximum atomic E-state index is 13.9. The number of amides is 1. The predicted octanol–water partition coefficient (Wildman–Crippen LogP) is 4.02. The van der Waals surface area contributed by atoms with Crippen molar-refractivity contribution in [1.82, 2.24) is 14.9 Å². The van der Waals surface area contributed by atoms with E-state index in [1.807, 2.05) is 32.9 Å². The van der Waals surface area contributed by atoms with Crippen LogP contribution in [0.1, 0.15) is 68.9 Å². The first-order chi connectivity index (χ1) is 20.2.